The predicted octanol–water partition coefficient (Wildman–Crippen LogP) is 2.03. The van der Waals surface area contributed by atoms with E-state index in [2.05, 4.69) is 4.98 Å². The first-order valence-electron chi connectivity index (χ1n) is 6.36. The molecule has 1 aromatic heterocycles. The van der Waals surface area contributed by atoms with Gasteiger partial charge in [-0.15, -0.1) is 0 Å². The molecule has 4 nitrogen and oxygen atoms in total. The summed E-state index contributed by atoms with van der Waals surface area (Å²) in [7, 11) is 0. The molecule has 1 N–H and O–H groups in total. The van der Waals surface area contributed by atoms with Crippen LogP contribution in [0.1, 0.15) is 21.6 Å². The molecular formula is C15H13FN2O2. The van der Waals surface area contributed by atoms with Gasteiger partial charge in [-0.25, -0.2) is 4.39 Å². The van der Waals surface area contributed by atoms with Gasteiger partial charge in [0.2, 0.25) is 0 Å². The minimum Gasteiger partial charge on any atom is -0.364 e. The van der Waals surface area contributed by atoms with E-state index in [0.29, 0.717) is 24.3 Å². The number of benzene rings is 1. The first-order valence-corrected chi connectivity index (χ1v) is 6.36. The maximum atomic E-state index is 13.3. The molecule has 5 heteroatoms. The van der Waals surface area contributed by atoms with Gasteiger partial charge in [0, 0.05) is 24.5 Å². The fourth-order valence-corrected chi connectivity index (χ4v) is 2.45. The SMILES string of the molecule is Cc1cc(=O)c(C(=O)N2CCc3ccc(F)cc32)c[nH]1. The average molecular weight is 272 g/mol. The van der Waals surface area contributed by atoms with Crippen molar-refractivity contribution in [2.45, 2.75) is 13.3 Å². The maximum absolute atomic E-state index is 13.3. The summed E-state index contributed by atoms with van der Waals surface area (Å²) in [6.45, 7) is 2.21. The van der Waals surface area contributed by atoms with Crippen molar-refractivity contribution in [2.24, 2.45) is 0 Å². The Morgan fingerprint density at radius 2 is 2.15 bits per heavy atom. The van der Waals surface area contributed by atoms with Gasteiger partial charge in [-0.2, -0.15) is 0 Å². The smallest absolute Gasteiger partial charge is 0.263 e. The molecule has 0 spiro atoms. The first-order chi connectivity index (χ1) is 9.56. The van der Waals surface area contributed by atoms with E-state index < -0.39 is 5.91 Å². The van der Waals surface area contributed by atoms with E-state index in [1.165, 1.54) is 29.3 Å². The van der Waals surface area contributed by atoms with Crippen LogP contribution < -0.4 is 10.3 Å². The fraction of sp³-hybridized carbons (Fsp3) is 0.200. The zero-order chi connectivity index (χ0) is 14.3. The van der Waals surface area contributed by atoms with Crippen molar-refractivity contribution in [2.75, 3.05) is 11.4 Å². The number of aromatic nitrogens is 1. The van der Waals surface area contributed by atoms with E-state index in [4.69, 9.17) is 0 Å². The molecule has 0 saturated carbocycles. The Morgan fingerprint density at radius 1 is 1.35 bits per heavy atom. The Kier molecular flexibility index (Phi) is 2.89. The van der Waals surface area contributed by atoms with Gasteiger partial charge >= 0.3 is 0 Å². The summed E-state index contributed by atoms with van der Waals surface area (Å²) in [4.78, 5) is 28.6. The van der Waals surface area contributed by atoms with Crippen LogP contribution in [0.2, 0.25) is 0 Å². The maximum Gasteiger partial charge on any atom is 0.263 e. The van der Waals surface area contributed by atoms with E-state index in [1.54, 1.807) is 13.0 Å². The van der Waals surface area contributed by atoms with Gasteiger partial charge < -0.3 is 9.88 Å². The number of rotatable bonds is 1. The van der Waals surface area contributed by atoms with Crippen LogP contribution >= 0.6 is 0 Å². The highest BCUT2D eigenvalue weighted by molar-refractivity contribution is 6.07. The number of pyridine rings is 1. The molecule has 1 aromatic carbocycles. The molecular weight excluding hydrogens is 259 g/mol. The number of aromatic amines is 1. The quantitative estimate of drug-likeness (QED) is 0.863. The van der Waals surface area contributed by atoms with Crippen LogP contribution in [0.4, 0.5) is 10.1 Å². The van der Waals surface area contributed by atoms with E-state index in [0.717, 1.165) is 5.56 Å². The van der Waals surface area contributed by atoms with Crippen molar-refractivity contribution < 1.29 is 9.18 Å². The van der Waals surface area contributed by atoms with Gasteiger partial charge in [-0.3, -0.25) is 9.59 Å². The van der Waals surface area contributed by atoms with E-state index >= 15 is 0 Å². The van der Waals surface area contributed by atoms with E-state index in [9.17, 15) is 14.0 Å². The molecule has 0 saturated heterocycles. The lowest BCUT2D eigenvalue weighted by Crippen LogP contribution is -2.32. The van der Waals surface area contributed by atoms with Crippen LogP contribution in [0, 0.1) is 12.7 Å². The highest BCUT2D eigenvalue weighted by Crippen LogP contribution is 2.29. The van der Waals surface area contributed by atoms with Crippen molar-refractivity contribution in [3.8, 4) is 0 Å². The lowest BCUT2D eigenvalue weighted by molar-refractivity contribution is 0.0988. The third-order valence-corrected chi connectivity index (χ3v) is 3.48. The Bertz CT molecular complexity index is 752. The number of amides is 1. The second kappa shape index (κ2) is 4.59. The highest BCUT2D eigenvalue weighted by atomic mass is 19.1. The molecule has 2 aromatic rings. The van der Waals surface area contributed by atoms with E-state index in [1.807, 2.05) is 0 Å². The van der Waals surface area contributed by atoms with Gasteiger partial charge in [-0.1, -0.05) is 6.07 Å². The normalized spacial score (nSPS) is 13.4. The van der Waals surface area contributed by atoms with Crippen LogP contribution in [-0.2, 0) is 6.42 Å². The average Bonchev–Trinajstić information content (AvgIpc) is 2.81. The Hall–Kier alpha value is -2.43. The number of aryl methyl sites for hydroxylation is 1. The van der Waals surface area contributed by atoms with Crippen LogP contribution in [0.15, 0.2) is 35.3 Å². The van der Waals surface area contributed by atoms with Crippen molar-refractivity contribution in [1.29, 1.82) is 0 Å². The van der Waals surface area contributed by atoms with Crippen molar-refractivity contribution in [3.63, 3.8) is 0 Å². The van der Waals surface area contributed by atoms with Crippen LogP contribution in [0.3, 0.4) is 0 Å². The number of hydrogen-bond acceptors (Lipinski definition) is 2. The third kappa shape index (κ3) is 2.01. The molecule has 0 fully saturated rings. The van der Waals surface area contributed by atoms with Crippen molar-refractivity contribution in [1.82, 2.24) is 4.98 Å². The number of fused-ring (bicyclic) bond motifs is 1. The van der Waals surface area contributed by atoms with Crippen LogP contribution in [0.5, 0.6) is 0 Å². The predicted molar refractivity (Wildman–Crippen MR) is 73.6 cm³/mol. The first kappa shape index (κ1) is 12.6. The lowest BCUT2D eigenvalue weighted by atomic mass is 10.1. The van der Waals surface area contributed by atoms with Gasteiger partial charge in [-0.05, 0) is 31.0 Å². The van der Waals surface area contributed by atoms with Gasteiger partial charge in [0.15, 0.2) is 5.43 Å². The largest absolute Gasteiger partial charge is 0.364 e. The standard InChI is InChI=1S/C15H13FN2O2/c1-9-6-14(19)12(8-17-9)15(20)18-5-4-10-2-3-11(16)7-13(10)18/h2-3,6-8H,4-5H2,1H3,(H,17,19). The molecule has 1 aliphatic rings. The molecule has 0 aliphatic carbocycles. The number of H-pyrrole nitrogens is 1. The lowest BCUT2D eigenvalue weighted by Gasteiger charge is -2.17. The molecule has 0 unspecified atom stereocenters. The summed E-state index contributed by atoms with van der Waals surface area (Å²) in [6, 6.07) is 5.78. The third-order valence-electron chi connectivity index (χ3n) is 3.48. The number of nitrogens with zero attached hydrogens (tertiary/aromatic N) is 1. The highest BCUT2D eigenvalue weighted by Gasteiger charge is 2.27. The molecule has 1 aliphatic heterocycles. The minimum atomic E-state index is -0.393. The number of carbonyl (C=O) groups is 1. The Morgan fingerprint density at radius 3 is 2.90 bits per heavy atom. The number of halogens is 1. The second-order valence-corrected chi connectivity index (χ2v) is 4.87. The van der Waals surface area contributed by atoms with Gasteiger partial charge in [0.25, 0.3) is 5.91 Å². The second-order valence-electron chi connectivity index (χ2n) is 4.87. The number of anilines is 1. The molecule has 20 heavy (non-hydrogen) atoms. The van der Waals surface area contributed by atoms with Crippen molar-refractivity contribution >= 4 is 11.6 Å². The number of hydrogen-bond donors (Lipinski definition) is 1. The zero-order valence-corrected chi connectivity index (χ0v) is 10.9. The Balaban J connectivity index is 2.01. The topological polar surface area (TPSA) is 53.2 Å². The van der Waals surface area contributed by atoms with E-state index in [-0.39, 0.29) is 16.8 Å². The zero-order valence-electron chi connectivity index (χ0n) is 10.9. The molecule has 2 heterocycles. The summed E-state index contributed by atoms with van der Waals surface area (Å²) < 4.78 is 13.3. The summed E-state index contributed by atoms with van der Waals surface area (Å²) in [5.41, 5.74) is 1.92. The van der Waals surface area contributed by atoms with Gasteiger partial charge in [0.1, 0.15) is 11.4 Å². The molecule has 0 radical (unpaired) electrons. The van der Waals surface area contributed by atoms with Crippen LogP contribution in [-0.4, -0.2) is 17.4 Å². The fourth-order valence-electron chi connectivity index (χ4n) is 2.45. The monoisotopic (exact) mass is 272 g/mol. The summed E-state index contributed by atoms with van der Waals surface area (Å²) >= 11 is 0. The molecule has 1 amide bonds. The van der Waals surface area contributed by atoms with Crippen LogP contribution in [0.25, 0.3) is 0 Å². The minimum absolute atomic E-state index is 0.0766. The summed E-state index contributed by atoms with van der Waals surface area (Å²) in [5, 5.41) is 0. The summed E-state index contributed by atoms with van der Waals surface area (Å²) in [6.07, 6.45) is 2.09. The Labute approximate surface area is 114 Å². The number of nitrogens with one attached hydrogen (secondary N) is 1. The molecule has 102 valence electrons. The van der Waals surface area contributed by atoms with Crippen molar-refractivity contribution in [3.05, 3.63) is 63.3 Å². The molecule has 0 bridgehead atoms. The summed E-state index contributed by atoms with van der Waals surface area (Å²) in [5.74, 6) is -0.781. The molecule has 3 rings (SSSR count). The molecule has 0 atom stereocenters. The van der Waals surface area contributed by atoms with Gasteiger partial charge in [0.05, 0.1) is 5.69 Å². The number of carbonyl (C=O) groups excluding carboxylic acids is 1.